The summed E-state index contributed by atoms with van der Waals surface area (Å²) in [5, 5.41) is 2.34. The second-order valence-corrected chi connectivity index (χ2v) is 6.34. The molecule has 0 aliphatic carbocycles. The molecule has 152 valence electrons. The number of carbonyl (C=O) groups excluding carboxylic acids is 1. The first-order chi connectivity index (χ1) is 13.0. The zero-order valence-electron chi connectivity index (χ0n) is 14.6. The van der Waals surface area contributed by atoms with Crippen LogP contribution in [0, 0.1) is 0 Å². The van der Waals surface area contributed by atoms with Crippen molar-refractivity contribution in [1.82, 2.24) is 4.90 Å². The molecule has 0 aromatic heterocycles. The largest absolute Gasteiger partial charge is 0.435 e. The lowest BCUT2D eigenvalue weighted by Gasteiger charge is -2.17. The molecule has 0 atom stereocenters. The quantitative estimate of drug-likeness (QED) is 0.636. The first-order valence-electron chi connectivity index (χ1n) is 7.93. The lowest BCUT2D eigenvalue weighted by atomic mass is 10.2. The Hall–Kier alpha value is -2.39. The molecule has 2 aromatic carbocycles. The van der Waals surface area contributed by atoms with Crippen LogP contribution in [0.4, 0.5) is 27.6 Å². The number of carbonyl (C=O) groups is 1. The summed E-state index contributed by atoms with van der Waals surface area (Å²) in [5.41, 5.74) is -0.330. The van der Waals surface area contributed by atoms with Gasteiger partial charge in [-0.05, 0) is 42.9 Å². The number of hydrogen-bond acceptors (Lipinski definition) is 3. The van der Waals surface area contributed by atoms with Gasteiger partial charge in [-0.1, -0.05) is 23.7 Å². The average molecular weight is 423 g/mol. The maximum Gasteiger partial charge on any atom is 0.416 e. The van der Waals surface area contributed by atoms with Crippen molar-refractivity contribution < 1.29 is 31.5 Å². The van der Waals surface area contributed by atoms with Gasteiger partial charge in [0.2, 0.25) is 5.91 Å². The molecule has 2 aromatic rings. The van der Waals surface area contributed by atoms with Crippen molar-refractivity contribution >= 4 is 23.2 Å². The highest BCUT2D eigenvalue weighted by molar-refractivity contribution is 6.33. The highest BCUT2D eigenvalue weighted by Crippen LogP contribution is 2.33. The third-order valence-electron chi connectivity index (χ3n) is 3.58. The van der Waals surface area contributed by atoms with E-state index in [0.717, 1.165) is 23.8 Å². The van der Waals surface area contributed by atoms with E-state index in [0.29, 0.717) is 6.54 Å². The molecule has 0 heterocycles. The molecule has 0 aliphatic heterocycles. The molecule has 0 spiro atoms. The first kappa shape index (κ1) is 21.9. The Morgan fingerprint density at radius 2 is 1.82 bits per heavy atom. The summed E-state index contributed by atoms with van der Waals surface area (Å²) in [7, 11) is 1.62. The van der Waals surface area contributed by atoms with Crippen molar-refractivity contribution in [2.75, 3.05) is 18.9 Å². The highest BCUT2D eigenvalue weighted by Gasteiger charge is 2.31. The molecular formula is C18H16ClF5N2O2. The number of anilines is 1. The van der Waals surface area contributed by atoms with Gasteiger partial charge in [0.1, 0.15) is 5.75 Å². The maximum atomic E-state index is 12.8. The molecule has 1 amide bonds. The van der Waals surface area contributed by atoms with E-state index >= 15 is 0 Å². The van der Waals surface area contributed by atoms with Gasteiger partial charge < -0.3 is 10.1 Å². The summed E-state index contributed by atoms with van der Waals surface area (Å²) in [5.74, 6) is -0.542. The summed E-state index contributed by atoms with van der Waals surface area (Å²) in [6.07, 6.45) is -4.55. The average Bonchev–Trinajstić information content (AvgIpc) is 2.57. The standard InChI is InChI=1S/C18H16ClF5N2O2/c1-26(9-11-2-5-13(6-3-11)28-17(20)21)10-16(27)25-15-8-12(18(22,23)24)4-7-14(15)19/h2-8,17H,9-10H2,1H3,(H,25,27). The summed E-state index contributed by atoms with van der Waals surface area (Å²) < 4.78 is 66.8. The third kappa shape index (κ3) is 6.65. The van der Waals surface area contributed by atoms with Crippen molar-refractivity contribution in [3.8, 4) is 5.75 Å². The van der Waals surface area contributed by atoms with Gasteiger partial charge in [-0.3, -0.25) is 9.69 Å². The van der Waals surface area contributed by atoms with Crippen LogP contribution in [-0.2, 0) is 17.5 Å². The van der Waals surface area contributed by atoms with E-state index in [1.165, 1.54) is 12.1 Å². The van der Waals surface area contributed by atoms with Crippen LogP contribution in [0.1, 0.15) is 11.1 Å². The van der Waals surface area contributed by atoms with E-state index in [1.54, 1.807) is 24.1 Å². The van der Waals surface area contributed by atoms with Crippen LogP contribution < -0.4 is 10.1 Å². The van der Waals surface area contributed by atoms with Gasteiger partial charge in [-0.25, -0.2) is 0 Å². The van der Waals surface area contributed by atoms with E-state index < -0.39 is 24.3 Å². The van der Waals surface area contributed by atoms with Crippen molar-refractivity contribution in [3.63, 3.8) is 0 Å². The van der Waals surface area contributed by atoms with Gasteiger partial charge in [-0.15, -0.1) is 0 Å². The van der Waals surface area contributed by atoms with E-state index in [1.807, 2.05) is 0 Å². The van der Waals surface area contributed by atoms with E-state index in [-0.39, 0.29) is 23.0 Å². The first-order valence-corrected chi connectivity index (χ1v) is 8.31. The minimum Gasteiger partial charge on any atom is -0.435 e. The fourth-order valence-electron chi connectivity index (χ4n) is 2.38. The number of alkyl halides is 5. The molecule has 0 aliphatic rings. The van der Waals surface area contributed by atoms with Gasteiger partial charge in [0.15, 0.2) is 0 Å². The molecule has 10 heteroatoms. The molecule has 0 saturated heterocycles. The van der Waals surface area contributed by atoms with Crippen LogP contribution in [0.5, 0.6) is 5.75 Å². The lowest BCUT2D eigenvalue weighted by Crippen LogP contribution is -2.30. The van der Waals surface area contributed by atoms with Crippen molar-refractivity contribution in [3.05, 3.63) is 58.6 Å². The number of nitrogens with zero attached hydrogens (tertiary/aromatic N) is 1. The van der Waals surface area contributed by atoms with Crippen molar-refractivity contribution in [2.45, 2.75) is 19.3 Å². The third-order valence-corrected chi connectivity index (χ3v) is 3.91. The lowest BCUT2D eigenvalue weighted by molar-refractivity contribution is -0.137. The van der Waals surface area contributed by atoms with Crippen LogP contribution in [0.25, 0.3) is 0 Å². The number of nitrogens with one attached hydrogen (secondary N) is 1. The van der Waals surface area contributed by atoms with Gasteiger partial charge in [0.25, 0.3) is 0 Å². The highest BCUT2D eigenvalue weighted by atomic mass is 35.5. The Bertz CT molecular complexity index is 813. The molecule has 4 nitrogen and oxygen atoms in total. The van der Waals surface area contributed by atoms with Crippen LogP contribution >= 0.6 is 11.6 Å². The van der Waals surface area contributed by atoms with Crippen molar-refractivity contribution in [1.29, 1.82) is 0 Å². The molecule has 0 bridgehead atoms. The molecule has 28 heavy (non-hydrogen) atoms. The van der Waals surface area contributed by atoms with Crippen LogP contribution in [0.2, 0.25) is 5.02 Å². The van der Waals surface area contributed by atoms with E-state index in [4.69, 9.17) is 11.6 Å². The Labute approximate surface area is 162 Å². The summed E-state index contributed by atoms with van der Waals surface area (Å²) in [6, 6.07) is 8.53. The fourth-order valence-corrected chi connectivity index (χ4v) is 2.54. The van der Waals surface area contributed by atoms with Gasteiger partial charge in [-0.2, -0.15) is 22.0 Å². The van der Waals surface area contributed by atoms with E-state index in [9.17, 15) is 26.7 Å². The topological polar surface area (TPSA) is 41.6 Å². The van der Waals surface area contributed by atoms with Crippen molar-refractivity contribution in [2.24, 2.45) is 0 Å². The minimum atomic E-state index is -4.55. The molecule has 0 unspecified atom stereocenters. The molecule has 2 rings (SSSR count). The van der Waals surface area contributed by atoms with Crippen LogP contribution in [-0.4, -0.2) is 31.0 Å². The fraction of sp³-hybridized carbons (Fsp3) is 0.278. The second kappa shape index (κ2) is 9.20. The van der Waals surface area contributed by atoms with Crippen LogP contribution in [0.15, 0.2) is 42.5 Å². The number of halogens is 6. The Kier molecular flexibility index (Phi) is 7.20. The van der Waals surface area contributed by atoms with Gasteiger partial charge in [0.05, 0.1) is 22.8 Å². The number of rotatable bonds is 7. The monoisotopic (exact) mass is 422 g/mol. The molecular weight excluding hydrogens is 407 g/mol. The summed E-state index contributed by atoms with van der Waals surface area (Å²) >= 11 is 5.85. The summed E-state index contributed by atoms with van der Waals surface area (Å²) in [6.45, 7) is -2.74. The van der Waals surface area contributed by atoms with Gasteiger partial charge in [0, 0.05) is 6.54 Å². The predicted molar refractivity (Wildman–Crippen MR) is 94.5 cm³/mol. The Morgan fingerprint density at radius 3 is 2.39 bits per heavy atom. The normalized spacial score (nSPS) is 11.8. The smallest absolute Gasteiger partial charge is 0.416 e. The van der Waals surface area contributed by atoms with E-state index in [2.05, 4.69) is 10.1 Å². The zero-order valence-corrected chi connectivity index (χ0v) is 15.3. The predicted octanol–water partition coefficient (Wildman–Crippen LogP) is 5.03. The summed E-state index contributed by atoms with van der Waals surface area (Å²) in [4.78, 5) is 13.7. The molecule has 1 N–H and O–H groups in total. The number of amides is 1. The SMILES string of the molecule is CN(CC(=O)Nc1cc(C(F)(F)F)ccc1Cl)Cc1ccc(OC(F)F)cc1. The zero-order chi connectivity index (χ0) is 20.9. The number of ether oxygens (including phenoxy) is 1. The van der Waals surface area contributed by atoms with Gasteiger partial charge >= 0.3 is 12.8 Å². The molecule has 0 saturated carbocycles. The minimum absolute atomic E-state index is 0.0123. The molecule has 0 fully saturated rings. The second-order valence-electron chi connectivity index (χ2n) is 5.94. The Morgan fingerprint density at radius 1 is 1.18 bits per heavy atom. The number of benzene rings is 2. The number of hydrogen-bond donors (Lipinski definition) is 1. The maximum absolute atomic E-state index is 12.8. The Balaban J connectivity index is 1.94. The van der Waals surface area contributed by atoms with Crippen LogP contribution in [0.3, 0.4) is 0 Å². The number of likely N-dealkylation sites (N-methyl/N-ethyl adjacent to an activating group) is 1. The molecule has 0 radical (unpaired) electrons.